The van der Waals surface area contributed by atoms with E-state index in [9.17, 15) is 9.59 Å². The zero-order valence-electron chi connectivity index (χ0n) is 11.7. The van der Waals surface area contributed by atoms with E-state index in [1.807, 2.05) is 31.2 Å². The van der Waals surface area contributed by atoms with E-state index in [-0.39, 0.29) is 17.4 Å². The molecule has 0 aliphatic heterocycles. The molecule has 0 spiro atoms. The predicted molar refractivity (Wildman–Crippen MR) is 81.1 cm³/mol. The molecule has 0 saturated heterocycles. The molecule has 108 valence electrons. The summed E-state index contributed by atoms with van der Waals surface area (Å²) in [6.07, 6.45) is 2.47. The Morgan fingerprint density at radius 2 is 1.90 bits per heavy atom. The highest BCUT2D eigenvalue weighted by atomic mass is 79.9. The molecule has 0 radical (unpaired) electrons. The second-order valence-electron chi connectivity index (χ2n) is 5.24. The molecule has 2 amide bonds. The first kappa shape index (κ1) is 15.0. The van der Waals surface area contributed by atoms with Crippen LogP contribution in [-0.2, 0) is 15.1 Å². The van der Waals surface area contributed by atoms with Gasteiger partial charge in [0, 0.05) is 11.4 Å². The molecule has 4 nitrogen and oxygen atoms in total. The van der Waals surface area contributed by atoms with Gasteiger partial charge in [-0.2, -0.15) is 0 Å². The summed E-state index contributed by atoms with van der Waals surface area (Å²) in [6.45, 7) is 3.32. The van der Waals surface area contributed by atoms with Crippen LogP contribution >= 0.6 is 15.9 Å². The van der Waals surface area contributed by atoms with Crippen LogP contribution in [0.1, 0.15) is 38.7 Å². The van der Waals surface area contributed by atoms with Crippen LogP contribution in [-0.4, -0.2) is 17.9 Å². The summed E-state index contributed by atoms with van der Waals surface area (Å²) in [5.74, 6) is -0.288. The van der Waals surface area contributed by atoms with Crippen molar-refractivity contribution in [1.82, 2.24) is 10.6 Å². The standard InChI is InChI=1S/C15H19BrN2O2/c1-3-13(17-10(2)19)14(20)18-15(8-9-15)11-4-6-12(16)7-5-11/h4-7,13H,3,8-9H2,1-2H3,(H,17,19)(H,18,20). The van der Waals surface area contributed by atoms with Crippen molar-refractivity contribution in [3.8, 4) is 0 Å². The Bertz CT molecular complexity index is 509. The Morgan fingerprint density at radius 3 is 2.35 bits per heavy atom. The van der Waals surface area contributed by atoms with E-state index in [2.05, 4.69) is 26.6 Å². The molecule has 1 saturated carbocycles. The van der Waals surface area contributed by atoms with Crippen molar-refractivity contribution in [2.45, 2.75) is 44.7 Å². The number of carbonyl (C=O) groups is 2. The van der Waals surface area contributed by atoms with E-state index in [4.69, 9.17) is 0 Å². The molecule has 1 fully saturated rings. The summed E-state index contributed by atoms with van der Waals surface area (Å²) in [5.41, 5.74) is 0.871. The molecular formula is C15H19BrN2O2. The molecule has 0 heterocycles. The molecule has 1 aromatic rings. The molecule has 1 aromatic carbocycles. The van der Waals surface area contributed by atoms with Gasteiger partial charge in [0.1, 0.15) is 6.04 Å². The van der Waals surface area contributed by atoms with Crippen LogP contribution in [0.15, 0.2) is 28.7 Å². The maximum absolute atomic E-state index is 12.3. The van der Waals surface area contributed by atoms with Gasteiger partial charge in [0.2, 0.25) is 11.8 Å². The number of rotatable bonds is 5. The number of halogens is 1. The molecule has 1 aliphatic carbocycles. The summed E-state index contributed by atoms with van der Waals surface area (Å²) in [5, 5.41) is 5.77. The zero-order valence-corrected chi connectivity index (χ0v) is 13.3. The van der Waals surface area contributed by atoms with E-state index in [0.717, 1.165) is 22.9 Å². The molecule has 20 heavy (non-hydrogen) atoms. The van der Waals surface area contributed by atoms with Crippen molar-refractivity contribution >= 4 is 27.7 Å². The average molecular weight is 339 g/mol. The molecule has 5 heteroatoms. The minimum absolute atomic E-state index is 0.108. The van der Waals surface area contributed by atoms with E-state index in [1.165, 1.54) is 6.92 Å². The minimum Gasteiger partial charge on any atom is -0.345 e. The Labute approximate surface area is 127 Å². The molecule has 2 rings (SSSR count). The summed E-state index contributed by atoms with van der Waals surface area (Å²) in [7, 11) is 0. The first-order valence-corrected chi connectivity index (χ1v) is 7.61. The highest BCUT2D eigenvalue weighted by molar-refractivity contribution is 9.10. The number of benzene rings is 1. The molecule has 1 aliphatic rings. The van der Waals surface area contributed by atoms with Crippen molar-refractivity contribution in [1.29, 1.82) is 0 Å². The maximum atomic E-state index is 12.3. The molecule has 2 N–H and O–H groups in total. The van der Waals surface area contributed by atoms with Crippen LogP contribution in [0.5, 0.6) is 0 Å². The maximum Gasteiger partial charge on any atom is 0.243 e. The van der Waals surface area contributed by atoms with Crippen LogP contribution < -0.4 is 10.6 Å². The van der Waals surface area contributed by atoms with Gasteiger partial charge in [-0.25, -0.2) is 0 Å². The lowest BCUT2D eigenvalue weighted by Crippen LogP contribution is -2.49. The van der Waals surface area contributed by atoms with Crippen molar-refractivity contribution in [3.05, 3.63) is 34.3 Å². The zero-order chi connectivity index (χ0) is 14.8. The Kier molecular flexibility index (Phi) is 4.48. The molecule has 1 atom stereocenters. The lowest BCUT2D eigenvalue weighted by atomic mass is 10.0. The van der Waals surface area contributed by atoms with Gasteiger partial charge < -0.3 is 10.6 Å². The third-order valence-corrected chi connectivity index (χ3v) is 4.14. The number of hydrogen-bond donors (Lipinski definition) is 2. The smallest absolute Gasteiger partial charge is 0.243 e. The third-order valence-electron chi connectivity index (χ3n) is 3.61. The fraction of sp³-hybridized carbons (Fsp3) is 0.467. The number of hydrogen-bond acceptors (Lipinski definition) is 2. The summed E-state index contributed by atoms with van der Waals surface area (Å²) in [6, 6.07) is 7.55. The van der Waals surface area contributed by atoms with E-state index >= 15 is 0 Å². The van der Waals surface area contributed by atoms with Gasteiger partial charge in [-0.15, -0.1) is 0 Å². The third kappa shape index (κ3) is 3.39. The average Bonchev–Trinajstić information content (AvgIpc) is 3.17. The number of amides is 2. The van der Waals surface area contributed by atoms with Crippen molar-refractivity contribution in [2.75, 3.05) is 0 Å². The van der Waals surface area contributed by atoms with Crippen LogP contribution in [0.2, 0.25) is 0 Å². The molecule has 1 unspecified atom stereocenters. The van der Waals surface area contributed by atoms with Crippen LogP contribution in [0.3, 0.4) is 0 Å². The first-order valence-electron chi connectivity index (χ1n) is 6.82. The van der Waals surface area contributed by atoms with Crippen LogP contribution in [0, 0.1) is 0 Å². The minimum atomic E-state index is -0.458. The van der Waals surface area contributed by atoms with E-state index in [0.29, 0.717) is 6.42 Å². The summed E-state index contributed by atoms with van der Waals surface area (Å²) >= 11 is 3.41. The van der Waals surface area contributed by atoms with Crippen LogP contribution in [0.4, 0.5) is 0 Å². The van der Waals surface area contributed by atoms with Gasteiger partial charge in [-0.3, -0.25) is 9.59 Å². The predicted octanol–water partition coefficient (Wildman–Crippen LogP) is 2.47. The van der Waals surface area contributed by atoms with Crippen molar-refractivity contribution < 1.29 is 9.59 Å². The highest BCUT2D eigenvalue weighted by Crippen LogP contribution is 2.45. The van der Waals surface area contributed by atoms with Gasteiger partial charge in [-0.1, -0.05) is 35.0 Å². The summed E-state index contributed by atoms with van der Waals surface area (Å²) < 4.78 is 1.02. The SMILES string of the molecule is CCC(NC(C)=O)C(=O)NC1(c2ccc(Br)cc2)CC1. The lowest BCUT2D eigenvalue weighted by molar-refractivity contribution is -0.128. The fourth-order valence-corrected chi connectivity index (χ4v) is 2.57. The lowest BCUT2D eigenvalue weighted by Gasteiger charge is -2.22. The van der Waals surface area contributed by atoms with Gasteiger partial charge in [0.25, 0.3) is 0 Å². The molecule has 0 bridgehead atoms. The van der Waals surface area contributed by atoms with E-state index in [1.54, 1.807) is 0 Å². The summed E-state index contributed by atoms with van der Waals surface area (Å²) in [4.78, 5) is 23.4. The van der Waals surface area contributed by atoms with Gasteiger partial charge >= 0.3 is 0 Å². The Morgan fingerprint density at radius 1 is 1.30 bits per heavy atom. The molecular weight excluding hydrogens is 320 g/mol. The second-order valence-corrected chi connectivity index (χ2v) is 6.16. The van der Waals surface area contributed by atoms with Gasteiger partial charge in [0.05, 0.1) is 5.54 Å². The number of carbonyl (C=O) groups excluding carboxylic acids is 2. The Hall–Kier alpha value is -1.36. The van der Waals surface area contributed by atoms with Crippen molar-refractivity contribution in [3.63, 3.8) is 0 Å². The second kappa shape index (κ2) is 5.95. The monoisotopic (exact) mass is 338 g/mol. The first-order chi connectivity index (χ1) is 9.47. The van der Waals surface area contributed by atoms with Gasteiger partial charge in [-0.05, 0) is 37.0 Å². The molecule has 0 aromatic heterocycles. The topological polar surface area (TPSA) is 58.2 Å². The highest BCUT2D eigenvalue weighted by Gasteiger charge is 2.46. The number of nitrogens with one attached hydrogen (secondary N) is 2. The Balaban J connectivity index is 2.06. The quantitative estimate of drug-likeness (QED) is 0.866. The van der Waals surface area contributed by atoms with Crippen molar-refractivity contribution in [2.24, 2.45) is 0 Å². The van der Waals surface area contributed by atoms with Crippen LogP contribution in [0.25, 0.3) is 0 Å². The normalized spacial score (nSPS) is 17.1. The van der Waals surface area contributed by atoms with E-state index < -0.39 is 6.04 Å². The van der Waals surface area contributed by atoms with Gasteiger partial charge in [0.15, 0.2) is 0 Å². The fourth-order valence-electron chi connectivity index (χ4n) is 2.30. The largest absolute Gasteiger partial charge is 0.345 e.